The maximum absolute atomic E-state index is 6.05. The first-order chi connectivity index (χ1) is 13.0. The predicted molar refractivity (Wildman–Crippen MR) is 106 cm³/mol. The number of aromatic nitrogens is 4. The molecule has 1 atom stereocenters. The van der Waals surface area contributed by atoms with Crippen LogP contribution in [0.25, 0.3) is 11.5 Å². The molecule has 1 aromatic carbocycles. The van der Waals surface area contributed by atoms with E-state index in [1.807, 2.05) is 30.3 Å². The zero-order chi connectivity index (χ0) is 18.9. The van der Waals surface area contributed by atoms with Crippen LogP contribution in [0.2, 0.25) is 0 Å². The molecule has 1 aliphatic rings. The molecule has 0 radical (unpaired) electrons. The maximum Gasteiger partial charge on any atom is 0.158 e. The Hall–Kier alpha value is -2.40. The summed E-state index contributed by atoms with van der Waals surface area (Å²) in [6.45, 7) is 6.15. The van der Waals surface area contributed by atoms with E-state index in [2.05, 4.69) is 64.9 Å². The van der Waals surface area contributed by atoms with E-state index in [1.54, 1.807) is 0 Å². The minimum absolute atomic E-state index is 0.103. The summed E-state index contributed by atoms with van der Waals surface area (Å²) < 4.78 is 10.3. The second kappa shape index (κ2) is 6.97. The molecule has 2 aromatic heterocycles. The van der Waals surface area contributed by atoms with Crippen molar-refractivity contribution in [2.24, 2.45) is 7.05 Å². The molecule has 0 saturated carbocycles. The molecular weight excluding hydrogens is 336 g/mol. The molecule has 3 heterocycles. The molecule has 27 heavy (non-hydrogen) atoms. The average Bonchev–Trinajstić information content (AvgIpc) is 3.28. The van der Waals surface area contributed by atoms with E-state index in [0.29, 0.717) is 0 Å². The van der Waals surface area contributed by atoms with Crippen LogP contribution in [0.3, 0.4) is 0 Å². The third-order valence-corrected chi connectivity index (χ3v) is 5.82. The Morgan fingerprint density at radius 2 is 2.00 bits per heavy atom. The fourth-order valence-corrected chi connectivity index (χ4v) is 4.50. The van der Waals surface area contributed by atoms with Crippen LogP contribution in [0.4, 0.5) is 0 Å². The third-order valence-electron chi connectivity index (χ3n) is 5.82. The molecule has 142 valence electrons. The lowest BCUT2D eigenvalue weighted by Gasteiger charge is -2.45. The van der Waals surface area contributed by atoms with Crippen LogP contribution in [0.1, 0.15) is 38.7 Å². The molecule has 3 aromatic rings. The van der Waals surface area contributed by atoms with Crippen LogP contribution in [0, 0.1) is 0 Å². The van der Waals surface area contributed by atoms with Gasteiger partial charge in [0.15, 0.2) is 5.82 Å². The quantitative estimate of drug-likeness (QED) is 0.681. The van der Waals surface area contributed by atoms with E-state index >= 15 is 0 Å². The van der Waals surface area contributed by atoms with Crippen molar-refractivity contribution in [3.05, 3.63) is 60.8 Å². The smallest absolute Gasteiger partial charge is 0.158 e. The fraction of sp³-hybridized carbons (Fsp3) is 0.455. The highest BCUT2D eigenvalue weighted by Gasteiger charge is 2.41. The Kier molecular flexibility index (Phi) is 4.64. The molecule has 5 heteroatoms. The molecule has 0 bridgehead atoms. The van der Waals surface area contributed by atoms with E-state index in [-0.39, 0.29) is 11.0 Å². The molecule has 0 amide bonds. The highest BCUT2D eigenvalue weighted by Crippen LogP contribution is 2.44. The van der Waals surface area contributed by atoms with E-state index in [0.717, 1.165) is 43.9 Å². The number of ether oxygens (including phenoxy) is 1. The number of hydrogen-bond donors (Lipinski definition) is 0. The molecule has 1 saturated heterocycles. The number of imidazole rings is 2. The van der Waals surface area contributed by atoms with Gasteiger partial charge in [0.2, 0.25) is 0 Å². The van der Waals surface area contributed by atoms with Crippen molar-refractivity contribution in [2.45, 2.75) is 50.7 Å². The van der Waals surface area contributed by atoms with Crippen molar-refractivity contribution in [3.63, 3.8) is 0 Å². The summed E-state index contributed by atoms with van der Waals surface area (Å²) in [4.78, 5) is 8.83. The van der Waals surface area contributed by atoms with Gasteiger partial charge in [0.1, 0.15) is 5.69 Å². The lowest BCUT2D eigenvalue weighted by molar-refractivity contribution is -0.0848. The van der Waals surface area contributed by atoms with Gasteiger partial charge in [-0.3, -0.25) is 0 Å². The van der Waals surface area contributed by atoms with Crippen molar-refractivity contribution in [3.8, 4) is 11.5 Å². The number of hydrogen-bond acceptors (Lipinski definition) is 3. The van der Waals surface area contributed by atoms with Crippen LogP contribution in [-0.2, 0) is 23.7 Å². The van der Waals surface area contributed by atoms with Gasteiger partial charge >= 0.3 is 0 Å². The highest BCUT2D eigenvalue weighted by atomic mass is 16.5. The summed E-state index contributed by atoms with van der Waals surface area (Å²) in [5, 5.41) is 0. The van der Waals surface area contributed by atoms with Crippen molar-refractivity contribution < 1.29 is 4.74 Å². The predicted octanol–water partition coefficient (Wildman–Crippen LogP) is 4.20. The summed E-state index contributed by atoms with van der Waals surface area (Å²) in [5.74, 6) is 0.976. The summed E-state index contributed by atoms with van der Waals surface area (Å²) >= 11 is 0. The number of nitrogens with zero attached hydrogens (tertiary/aromatic N) is 4. The van der Waals surface area contributed by atoms with Gasteiger partial charge in [-0.15, -0.1) is 0 Å². The normalized spacial score (nSPS) is 22.0. The van der Waals surface area contributed by atoms with E-state index in [1.165, 1.54) is 5.56 Å². The number of aryl methyl sites for hydroxylation is 2. The first-order valence-corrected chi connectivity index (χ1v) is 9.66. The first kappa shape index (κ1) is 18.0. The molecule has 0 aliphatic carbocycles. The lowest BCUT2D eigenvalue weighted by Crippen LogP contribution is -2.44. The van der Waals surface area contributed by atoms with Gasteiger partial charge in [0.05, 0.1) is 18.1 Å². The summed E-state index contributed by atoms with van der Waals surface area (Å²) in [6.07, 6.45) is 10.8. The fourth-order valence-electron chi connectivity index (χ4n) is 4.50. The Bertz CT molecular complexity index is 896. The zero-order valence-electron chi connectivity index (χ0n) is 16.4. The lowest BCUT2D eigenvalue weighted by atomic mass is 9.67. The third kappa shape index (κ3) is 3.56. The van der Waals surface area contributed by atoms with E-state index in [9.17, 15) is 0 Å². The van der Waals surface area contributed by atoms with E-state index in [4.69, 9.17) is 4.74 Å². The van der Waals surface area contributed by atoms with Crippen LogP contribution in [0.5, 0.6) is 0 Å². The molecule has 0 spiro atoms. The Balaban J connectivity index is 1.63. The minimum atomic E-state index is -0.103. The minimum Gasteiger partial charge on any atom is -0.376 e. The molecular formula is C22H28N4O. The topological polar surface area (TPSA) is 44.9 Å². The molecule has 0 N–H and O–H groups in total. The van der Waals surface area contributed by atoms with Crippen molar-refractivity contribution in [2.75, 3.05) is 6.61 Å². The number of benzene rings is 1. The molecule has 4 rings (SSSR count). The molecule has 1 fully saturated rings. The largest absolute Gasteiger partial charge is 0.376 e. The maximum atomic E-state index is 6.05. The van der Waals surface area contributed by atoms with Gasteiger partial charge in [-0.25, -0.2) is 9.97 Å². The average molecular weight is 364 g/mol. The second-order valence-corrected chi connectivity index (χ2v) is 8.27. The highest BCUT2D eigenvalue weighted by molar-refractivity contribution is 5.49. The zero-order valence-corrected chi connectivity index (χ0v) is 16.4. The Morgan fingerprint density at radius 1 is 1.19 bits per heavy atom. The van der Waals surface area contributed by atoms with Crippen molar-refractivity contribution in [1.82, 2.24) is 19.1 Å². The van der Waals surface area contributed by atoms with Gasteiger partial charge in [-0.2, -0.15) is 0 Å². The Labute approximate surface area is 161 Å². The van der Waals surface area contributed by atoms with Crippen LogP contribution in [-0.4, -0.2) is 31.3 Å². The molecule has 1 aliphatic heterocycles. The van der Waals surface area contributed by atoms with Gasteiger partial charge in [-0.1, -0.05) is 30.3 Å². The summed E-state index contributed by atoms with van der Waals surface area (Å²) in [6, 6.07) is 10.9. The summed E-state index contributed by atoms with van der Waals surface area (Å²) in [5.41, 5.74) is 2.48. The van der Waals surface area contributed by atoms with Crippen LogP contribution in [0.15, 0.2) is 55.2 Å². The number of rotatable bonds is 5. The van der Waals surface area contributed by atoms with Gasteiger partial charge in [-0.05, 0) is 38.7 Å². The molecule has 1 unspecified atom stereocenters. The standard InChI is InChI=1S/C22H28N4O/c1-21(2)16-22(10-14-27-21,18-7-5-4-6-8-18)9-12-26-13-11-24-20(26)19-15-23-17-25(19)3/h4-8,11,13,15,17H,9-10,12,14,16H2,1-3H3. The van der Waals surface area contributed by atoms with Gasteiger partial charge in [0.25, 0.3) is 0 Å². The van der Waals surface area contributed by atoms with E-state index < -0.39 is 0 Å². The summed E-state index contributed by atoms with van der Waals surface area (Å²) in [7, 11) is 2.01. The van der Waals surface area contributed by atoms with Crippen molar-refractivity contribution in [1.29, 1.82) is 0 Å². The van der Waals surface area contributed by atoms with Crippen LogP contribution >= 0.6 is 0 Å². The van der Waals surface area contributed by atoms with Gasteiger partial charge in [0, 0.05) is 38.0 Å². The Morgan fingerprint density at radius 3 is 2.70 bits per heavy atom. The first-order valence-electron chi connectivity index (χ1n) is 9.66. The second-order valence-electron chi connectivity index (χ2n) is 8.27. The van der Waals surface area contributed by atoms with Crippen molar-refractivity contribution >= 4 is 0 Å². The monoisotopic (exact) mass is 364 g/mol. The van der Waals surface area contributed by atoms with Crippen LogP contribution < -0.4 is 0 Å². The molecule has 5 nitrogen and oxygen atoms in total. The van der Waals surface area contributed by atoms with Gasteiger partial charge < -0.3 is 13.9 Å². The SMILES string of the molecule is Cn1cncc1-c1nccn1CCC1(c2ccccc2)CCOC(C)(C)C1.